The van der Waals surface area contributed by atoms with Gasteiger partial charge < -0.3 is 9.88 Å². The van der Waals surface area contributed by atoms with Gasteiger partial charge in [-0.2, -0.15) is 0 Å². The Morgan fingerprint density at radius 3 is 1.92 bits per heavy atom. The number of rotatable bonds is 6. The summed E-state index contributed by atoms with van der Waals surface area (Å²) in [7, 11) is 0. The Morgan fingerprint density at radius 2 is 1.48 bits per heavy atom. The average Bonchev–Trinajstić information content (AvgIpc) is 3.37. The molecule has 128 valence electrons. The third-order valence-electron chi connectivity index (χ3n) is 5.02. The number of nitrogens with one attached hydrogen (secondary N) is 1. The van der Waals surface area contributed by atoms with Gasteiger partial charge in [-0.05, 0) is 63.1 Å². The highest BCUT2D eigenvalue weighted by molar-refractivity contribution is 6.12. The molecule has 1 aliphatic rings. The summed E-state index contributed by atoms with van der Waals surface area (Å²) in [6, 6.07) is 12.4. The average molecular weight is 334 g/mol. The van der Waals surface area contributed by atoms with Crippen LogP contribution in [0, 0.1) is 0 Å². The summed E-state index contributed by atoms with van der Waals surface area (Å²) < 4.78 is 2.29. The van der Waals surface area contributed by atoms with E-state index in [-0.39, 0.29) is 11.6 Å². The quantitative estimate of drug-likeness (QED) is 0.694. The lowest BCUT2D eigenvalue weighted by Crippen LogP contribution is -2.21. The number of hydrogen-bond donors (Lipinski definition) is 1. The van der Waals surface area contributed by atoms with Gasteiger partial charge in [0.2, 0.25) is 0 Å². The molecular weight excluding hydrogens is 312 g/mol. The lowest BCUT2D eigenvalue weighted by Gasteiger charge is -2.08. The molecule has 4 heteroatoms. The second-order valence-corrected chi connectivity index (χ2v) is 6.96. The first kappa shape index (κ1) is 16.0. The van der Waals surface area contributed by atoms with E-state index >= 15 is 0 Å². The molecule has 1 heterocycles. The predicted molar refractivity (Wildman–Crippen MR) is 100 cm³/mol. The maximum atomic E-state index is 11.8. The van der Waals surface area contributed by atoms with Crippen molar-refractivity contribution in [3.63, 3.8) is 0 Å². The van der Waals surface area contributed by atoms with Crippen LogP contribution < -0.4 is 5.32 Å². The smallest absolute Gasteiger partial charge is 0.159 e. The van der Waals surface area contributed by atoms with E-state index < -0.39 is 0 Å². The van der Waals surface area contributed by atoms with Gasteiger partial charge in [-0.1, -0.05) is 0 Å². The summed E-state index contributed by atoms with van der Waals surface area (Å²) in [6.07, 6.45) is 2.55. The molecular formula is C21H22N2O2. The molecule has 0 bridgehead atoms. The molecule has 0 saturated heterocycles. The molecule has 0 spiro atoms. The van der Waals surface area contributed by atoms with Crippen LogP contribution in [-0.2, 0) is 6.54 Å². The van der Waals surface area contributed by atoms with Crippen molar-refractivity contribution >= 4 is 33.4 Å². The number of benzene rings is 2. The van der Waals surface area contributed by atoms with Crippen LogP contribution in [0.25, 0.3) is 21.8 Å². The van der Waals surface area contributed by atoms with Crippen molar-refractivity contribution in [2.24, 2.45) is 0 Å². The minimum atomic E-state index is 0.0564. The minimum absolute atomic E-state index is 0.0564. The van der Waals surface area contributed by atoms with Gasteiger partial charge in [-0.25, -0.2) is 0 Å². The highest BCUT2D eigenvalue weighted by atomic mass is 16.1. The van der Waals surface area contributed by atoms with Gasteiger partial charge in [0.1, 0.15) is 0 Å². The van der Waals surface area contributed by atoms with Gasteiger partial charge in [-0.15, -0.1) is 0 Å². The van der Waals surface area contributed by atoms with Gasteiger partial charge in [0.05, 0.1) is 0 Å². The van der Waals surface area contributed by atoms with E-state index in [0.717, 1.165) is 34.9 Å². The number of aromatic nitrogens is 1. The normalized spacial score (nSPS) is 14.3. The Kier molecular flexibility index (Phi) is 3.92. The maximum absolute atomic E-state index is 11.8. The molecule has 1 fully saturated rings. The predicted octanol–water partition coefficient (Wildman–Crippen LogP) is 3.95. The number of nitrogens with zero attached hydrogens (tertiary/aromatic N) is 1. The summed E-state index contributed by atoms with van der Waals surface area (Å²) in [5.74, 6) is 0.113. The van der Waals surface area contributed by atoms with Crippen LogP contribution in [0.5, 0.6) is 0 Å². The van der Waals surface area contributed by atoms with Crippen LogP contribution in [0.15, 0.2) is 36.4 Å². The first-order valence-corrected chi connectivity index (χ1v) is 8.86. The molecule has 0 aliphatic heterocycles. The topological polar surface area (TPSA) is 51.1 Å². The van der Waals surface area contributed by atoms with Crippen LogP contribution in [0.1, 0.15) is 47.4 Å². The summed E-state index contributed by atoms with van der Waals surface area (Å²) in [4.78, 5) is 23.6. The van der Waals surface area contributed by atoms with Crippen molar-refractivity contribution in [3.05, 3.63) is 47.5 Å². The van der Waals surface area contributed by atoms with Gasteiger partial charge in [-0.3, -0.25) is 9.59 Å². The third-order valence-corrected chi connectivity index (χ3v) is 5.02. The van der Waals surface area contributed by atoms with Crippen molar-refractivity contribution < 1.29 is 9.59 Å². The third kappa shape index (κ3) is 2.98. The Balaban J connectivity index is 1.87. The Morgan fingerprint density at radius 1 is 0.960 bits per heavy atom. The largest absolute Gasteiger partial charge is 0.339 e. The van der Waals surface area contributed by atoms with E-state index in [0.29, 0.717) is 17.2 Å². The summed E-state index contributed by atoms with van der Waals surface area (Å²) in [6.45, 7) is 4.96. The monoisotopic (exact) mass is 334 g/mol. The summed E-state index contributed by atoms with van der Waals surface area (Å²) in [5.41, 5.74) is 3.63. The first-order chi connectivity index (χ1) is 12.0. The fourth-order valence-electron chi connectivity index (χ4n) is 3.45. The van der Waals surface area contributed by atoms with Crippen molar-refractivity contribution in [2.45, 2.75) is 39.3 Å². The standard InChI is InChI=1S/C21H22N2O2/c1-13(24)15-3-7-20-18(11-15)19-12-16(14(2)25)4-8-21(19)23(20)10-9-22-17-5-6-17/h3-4,7-8,11-12,17,22H,5-6,9-10H2,1-2H3. The molecule has 0 radical (unpaired) electrons. The van der Waals surface area contributed by atoms with E-state index in [1.807, 2.05) is 36.4 Å². The van der Waals surface area contributed by atoms with E-state index in [1.54, 1.807) is 13.8 Å². The number of Topliss-reactive ketones (excluding diaryl/α,β-unsaturated/α-hetero) is 2. The molecule has 0 amide bonds. The highest BCUT2D eigenvalue weighted by Gasteiger charge is 2.20. The van der Waals surface area contributed by atoms with Gasteiger partial charge >= 0.3 is 0 Å². The molecule has 1 aliphatic carbocycles. The number of hydrogen-bond acceptors (Lipinski definition) is 3. The van der Waals surface area contributed by atoms with Crippen molar-refractivity contribution in [1.82, 2.24) is 9.88 Å². The molecule has 0 unspecified atom stereocenters. The van der Waals surface area contributed by atoms with Crippen molar-refractivity contribution in [3.8, 4) is 0 Å². The number of ketones is 2. The molecule has 4 rings (SSSR count). The van der Waals surface area contributed by atoms with Gasteiger partial charge in [0.25, 0.3) is 0 Å². The molecule has 0 atom stereocenters. The minimum Gasteiger partial charge on any atom is -0.339 e. The zero-order valence-corrected chi connectivity index (χ0v) is 14.6. The molecule has 3 aromatic rings. The van der Waals surface area contributed by atoms with Crippen LogP contribution in [0.4, 0.5) is 0 Å². The van der Waals surface area contributed by atoms with E-state index in [9.17, 15) is 9.59 Å². The number of fused-ring (bicyclic) bond motifs is 3. The molecule has 1 aromatic heterocycles. The Bertz CT molecular complexity index is 925. The molecule has 2 aromatic carbocycles. The van der Waals surface area contributed by atoms with Crippen LogP contribution in [0.3, 0.4) is 0 Å². The highest BCUT2D eigenvalue weighted by Crippen LogP contribution is 2.31. The van der Waals surface area contributed by atoms with Crippen molar-refractivity contribution in [1.29, 1.82) is 0 Å². The fraction of sp³-hybridized carbons (Fsp3) is 0.333. The summed E-state index contributed by atoms with van der Waals surface area (Å²) >= 11 is 0. The van der Waals surface area contributed by atoms with Crippen LogP contribution >= 0.6 is 0 Å². The summed E-state index contributed by atoms with van der Waals surface area (Å²) in [5, 5.41) is 5.63. The molecule has 1 saturated carbocycles. The number of carbonyl (C=O) groups is 2. The molecule has 4 nitrogen and oxygen atoms in total. The lowest BCUT2D eigenvalue weighted by atomic mass is 10.0. The zero-order chi connectivity index (χ0) is 17.6. The van der Waals surface area contributed by atoms with E-state index in [2.05, 4.69) is 9.88 Å². The fourth-order valence-corrected chi connectivity index (χ4v) is 3.45. The SMILES string of the molecule is CC(=O)c1ccc2c(c1)c1cc(C(C)=O)ccc1n2CCNC1CC1. The van der Waals surface area contributed by atoms with Crippen molar-refractivity contribution in [2.75, 3.05) is 6.54 Å². The second kappa shape index (κ2) is 6.12. The zero-order valence-electron chi connectivity index (χ0n) is 14.6. The Labute approximate surface area is 146 Å². The Hall–Kier alpha value is -2.46. The lowest BCUT2D eigenvalue weighted by molar-refractivity contribution is 0.100. The van der Waals surface area contributed by atoms with E-state index in [4.69, 9.17) is 0 Å². The van der Waals surface area contributed by atoms with E-state index in [1.165, 1.54) is 12.8 Å². The molecule has 1 N–H and O–H groups in total. The first-order valence-electron chi connectivity index (χ1n) is 8.86. The van der Waals surface area contributed by atoms with Crippen LogP contribution in [0.2, 0.25) is 0 Å². The second-order valence-electron chi connectivity index (χ2n) is 6.96. The van der Waals surface area contributed by atoms with Gasteiger partial charge in [0.15, 0.2) is 11.6 Å². The maximum Gasteiger partial charge on any atom is 0.159 e. The number of carbonyl (C=O) groups excluding carboxylic acids is 2. The van der Waals surface area contributed by atoms with Crippen LogP contribution in [-0.4, -0.2) is 28.7 Å². The molecule has 25 heavy (non-hydrogen) atoms. The van der Waals surface area contributed by atoms with Gasteiger partial charge in [0, 0.05) is 52.1 Å².